The summed E-state index contributed by atoms with van der Waals surface area (Å²) in [4.78, 5) is 0. The Balaban J connectivity index is 2.30. The molecule has 2 nitrogen and oxygen atoms in total. The van der Waals surface area contributed by atoms with Gasteiger partial charge >= 0.3 is 0 Å². The van der Waals surface area contributed by atoms with E-state index in [0.717, 1.165) is 0 Å². The lowest BCUT2D eigenvalue weighted by Crippen LogP contribution is -2.24. The fraction of sp³-hybridized carbons (Fsp3) is 0.200. The molecule has 1 atom stereocenters. The van der Waals surface area contributed by atoms with Gasteiger partial charge in [0.2, 0.25) is 0 Å². The van der Waals surface area contributed by atoms with Crippen LogP contribution in [-0.4, -0.2) is 10.2 Å². The van der Waals surface area contributed by atoms with Crippen molar-refractivity contribution in [1.82, 2.24) is 0 Å². The fourth-order valence-corrected chi connectivity index (χ4v) is 2.38. The first-order valence-corrected chi connectivity index (χ1v) is 6.64. The average Bonchev–Trinajstić information content (AvgIpc) is 2.35. The topological polar surface area (TPSA) is 40.5 Å². The summed E-state index contributed by atoms with van der Waals surface area (Å²) in [6.07, 6.45) is 0.274. The summed E-state index contributed by atoms with van der Waals surface area (Å²) in [5.41, 5.74) is 0.226. The van der Waals surface area contributed by atoms with Crippen LogP contribution in [0.25, 0.3) is 0 Å². The van der Waals surface area contributed by atoms with Crippen LogP contribution in [0.5, 0.6) is 5.75 Å². The highest BCUT2D eigenvalue weighted by molar-refractivity contribution is 9.10. The standard InChI is InChI=1S/C15H14BrFO2/c1-15(19,11-5-7-12(18)8-6-11)9-10-3-2-4-13(17)14(10)16/h2-8,18-19H,9H2,1H3. The number of benzene rings is 2. The first-order valence-electron chi connectivity index (χ1n) is 5.85. The smallest absolute Gasteiger partial charge is 0.137 e. The predicted octanol–water partition coefficient (Wildman–Crippen LogP) is 3.74. The maximum Gasteiger partial charge on any atom is 0.137 e. The molecular weight excluding hydrogens is 311 g/mol. The van der Waals surface area contributed by atoms with Crippen LogP contribution >= 0.6 is 15.9 Å². The number of aromatic hydroxyl groups is 1. The van der Waals surface area contributed by atoms with E-state index in [1.807, 2.05) is 0 Å². The third-order valence-corrected chi connectivity index (χ3v) is 3.94. The van der Waals surface area contributed by atoms with Gasteiger partial charge in [-0.2, -0.15) is 0 Å². The summed E-state index contributed by atoms with van der Waals surface area (Å²) in [5.74, 6) is -0.203. The number of aliphatic hydroxyl groups is 1. The molecule has 0 aliphatic rings. The Morgan fingerprint density at radius 1 is 1.16 bits per heavy atom. The molecule has 0 saturated heterocycles. The fourth-order valence-electron chi connectivity index (χ4n) is 1.98. The molecule has 0 aliphatic carbocycles. The summed E-state index contributed by atoms with van der Waals surface area (Å²) < 4.78 is 13.8. The molecule has 0 aliphatic heterocycles. The van der Waals surface area contributed by atoms with E-state index in [2.05, 4.69) is 15.9 Å². The summed E-state index contributed by atoms with van der Waals surface area (Å²) in [5, 5.41) is 19.8. The first-order chi connectivity index (χ1) is 8.90. The van der Waals surface area contributed by atoms with E-state index in [0.29, 0.717) is 15.6 Å². The van der Waals surface area contributed by atoms with Crippen molar-refractivity contribution in [2.24, 2.45) is 0 Å². The van der Waals surface area contributed by atoms with Gasteiger partial charge in [-0.15, -0.1) is 0 Å². The molecule has 0 fully saturated rings. The van der Waals surface area contributed by atoms with E-state index >= 15 is 0 Å². The monoisotopic (exact) mass is 324 g/mol. The molecule has 0 bridgehead atoms. The minimum absolute atomic E-state index is 0.145. The van der Waals surface area contributed by atoms with Gasteiger partial charge in [0.25, 0.3) is 0 Å². The van der Waals surface area contributed by atoms with Crippen LogP contribution in [-0.2, 0) is 12.0 Å². The minimum atomic E-state index is -1.13. The zero-order valence-corrected chi connectivity index (χ0v) is 12.0. The lowest BCUT2D eigenvalue weighted by molar-refractivity contribution is 0.0573. The van der Waals surface area contributed by atoms with Crippen LogP contribution in [0.15, 0.2) is 46.9 Å². The van der Waals surface area contributed by atoms with Gasteiger partial charge in [0.1, 0.15) is 11.6 Å². The summed E-state index contributed by atoms with van der Waals surface area (Å²) in [6.45, 7) is 1.66. The van der Waals surface area contributed by atoms with Gasteiger partial charge in [-0.3, -0.25) is 0 Å². The van der Waals surface area contributed by atoms with Crippen LogP contribution in [0.1, 0.15) is 18.1 Å². The van der Waals surface area contributed by atoms with Crippen LogP contribution < -0.4 is 0 Å². The van der Waals surface area contributed by atoms with Crippen LogP contribution in [0.2, 0.25) is 0 Å². The van der Waals surface area contributed by atoms with Crippen molar-refractivity contribution >= 4 is 15.9 Å². The number of hydrogen-bond acceptors (Lipinski definition) is 2. The minimum Gasteiger partial charge on any atom is -0.508 e. The zero-order valence-electron chi connectivity index (χ0n) is 10.4. The molecule has 2 aromatic rings. The van der Waals surface area contributed by atoms with Gasteiger partial charge in [0, 0.05) is 6.42 Å². The molecule has 2 rings (SSSR count). The highest BCUT2D eigenvalue weighted by atomic mass is 79.9. The summed E-state index contributed by atoms with van der Waals surface area (Å²) in [6, 6.07) is 11.1. The molecule has 1 unspecified atom stereocenters. The molecule has 0 amide bonds. The Kier molecular flexibility index (Phi) is 3.92. The molecule has 0 radical (unpaired) electrons. The van der Waals surface area contributed by atoms with Crippen molar-refractivity contribution in [3.63, 3.8) is 0 Å². The van der Waals surface area contributed by atoms with E-state index in [1.54, 1.807) is 31.2 Å². The third-order valence-electron chi connectivity index (χ3n) is 3.06. The third kappa shape index (κ3) is 3.14. The van der Waals surface area contributed by atoms with E-state index < -0.39 is 5.60 Å². The van der Waals surface area contributed by atoms with Gasteiger partial charge < -0.3 is 10.2 Å². The molecule has 2 N–H and O–H groups in total. The van der Waals surface area contributed by atoms with Crippen molar-refractivity contribution in [3.8, 4) is 5.75 Å². The Bertz CT molecular complexity index is 579. The van der Waals surface area contributed by atoms with Crippen molar-refractivity contribution < 1.29 is 14.6 Å². The normalized spacial score (nSPS) is 14.1. The second-order valence-electron chi connectivity index (χ2n) is 4.71. The average molecular weight is 325 g/mol. The highest BCUT2D eigenvalue weighted by Gasteiger charge is 2.25. The summed E-state index contributed by atoms with van der Waals surface area (Å²) in [7, 11) is 0. The number of phenolic OH excluding ortho intramolecular Hbond substituents is 1. The lowest BCUT2D eigenvalue weighted by atomic mass is 9.89. The zero-order chi connectivity index (χ0) is 14.0. The number of phenols is 1. The molecule has 0 heterocycles. The molecular formula is C15H14BrFO2. The maximum absolute atomic E-state index is 13.4. The van der Waals surface area contributed by atoms with Gasteiger partial charge in [-0.05, 0) is 52.2 Å². The highest BCUT2D eigenvalue weighted by Crippen LogP contribution is 2.30. The Morgan fingerprint density at radius 3 is 2.42 bits per heavy atom. The molecule has 0 saturated carbocycles. The van der Waals surface area contributed by atoms with Crippen LogP contribution in [0, 0.1) is 5.82 Å². The Hall–Kier alpha value is -1.39. The van der Waals surface area contributed by atoms with Crippen LogP contribution in [0.3, 0.4) is 0 Å². The largest absolute Gasteiger partial charge is 0.508 e. The van der Waals surface area contributed by atoms with Crippen molar-refractivity contribution in [3.05, 3.63) is 63.9 Å². The molecule has 4 heteroatoms. The van der Waals surface area contributed by atoms with E-state index in [-0.39, 0.29) is 18.0 Å². The molecule has 0 spiro atoms. The van der Waals surface area contributed by atoms with E-state index in [4.69, 9.17) is 0 Å². The quantitative estimate of drug-likeness (QED) is 0.902. The Labute approximate surface area is 119 Å². The maximum atomic E-state index is 13.4. The van der Waals surface area contributed by atoms with E-state index in [1.165, 1.54) is 18.2 Å². The Morgan fingerprint density at radius 2 is 1.79 bits per heavy atom. The number of hydrogen-bond donors (Lipinski definition) is 2. The van der Waals surface area contributed by atoms with Crippen molar-refractivity contribution in [2.45, 2.75) is 18.9 Å². The number of halogens is 2. The molecule has 0 aromatic heterocycles. The first kappa shape index (κ1) is 14.0. The van der Waals surface area contributed by atoms with Crippen LogP contribution in [0.4, 0.5) is 4.39 Å². The second kappa shape index (κ2) is 5.31. The second-order valence-corrected chi connectivity index (χ2v) is 5.50. The summed E-state index contributed by atoms with van der Waals surface area (Å²) >= 11 is 3.19. The SMILES string of the molecule is CC(O)(Cc1cccc(F)c1Br)c1ccc(O)cc1. The molecule has 19 heavy (non-hydrogen) atoms. The predicted molar refractivity (Wildman–Crippen MR) is 75.5 cm³/mol. The molecule has 100 valence electrons. The van der Waals surface area contributed by atoms with Crippen molar-refractivity contribution in [1.29, 1.82) is 0 Å². The molecule has 2 aromatic carbocycles. The van der Waals surface area contributed by atoms with E-state index in [9.17, 15) is 14.6 Å². The van der Waals surface area contributed by atoms with Gasteiger partial charge in [0.15, 0.2) is 0 Å². The number of rotatable bonds is 3. The van der Waals surface area contributed by atoms with Crippen molar-refractivity contribution in [2.75, 3.05) is 0 Å². The van der Waals surface area contributed by atoms with Gasteiger partial charge in [-0.25, -0.2) is 4.39 Å². The van der Waals surface area contributed by atoms with Gasteiger partial charge in [0.05, 0.1) is 10.1 Å². The lowest BCUT2D eigenvalue weighted by Gasteiger charge is -2.24. The van der Waals surface area contributed by atoms with Gasteiger partial charge in [-0.1, -0.05) is 24.3 Å².